The third-order valence-electron chi connectivity index (χ3n) is 3.97. The molecular formula is C14H24N2O2S2. The lowest BCUT2D eigenvalue weighted by Crippen LogP contribution is -2.41. The molecule has 4 nitrogen and oxygen atoms in total. The zero-order valence-corrected chi connectivity index (χ0v) is 14.3. The van der Waals surface area contributed by atoms with E-state index < -0.39 is 10.0 Å². The summed E-state index contributed by atoms with van der Waals surface area (Å²) in [5.74, 6) is 0. The molecule has 0 radical (unpaired) electrons. The van der Waals surface area contributed by atoms with Crippen LogP contribution in [0.4, 0.5) is 0 Å². The van der Waals surface area contributed by atoms with E-state index in [9.17, 15) is 8.42 Å². The van der Waals surface area contributed by atoms with Gasteiger partial charge in [0.1, 0.15) is 0 Å². The molecule has 1 aliphatic rings. The van der Waals surface area contributed by atoms with Gasteiger partial charge in [0.25, 0.3) is 0 Å². The fraction of sp³-hybridized carbons (Fsp3) is 0.714. The van der Waals surface area contributed by atoms with Crippen molar-refractivity contribution in [2.24, 2.45) is 5.41 Å². The lowest BCUT2D eigenvalue weighted by Gasteiger charge is -2.36. The van der Waals surface area contributed by atoms with Crippen LogP contribution in [-0.2, 0) is 16.6 Å². The Morgan fingerprint density at radius 2 is 1.95 bits per heavy atom. The zero-order chi connectivity index (χ0) is 15.0. The molecule has 1 fully saturated rings. The highest BCUT2D eigenvalue weighted by Gasteiger charge is 2.34. The van der Waals surface area contributed by atoms with Crippen molar-refractivity contribution in [2.75, 3.05) is 20.1 Å². The minimum atomic E-state index is -3.32. The predicted octanol–water partition coefficient (Wildman–Crippen LogP) is 2.59. The van der Waals surface area contributed by atoms with Gasteiger partial charge in [0, 0.05) is 29.4 Å². The second-order valence-corrected chi connectivity index (χ2v) is 9.48. The van der Waals surface area contributed by atoms with Crippen molar-refractivity contribution in [2.45, 2.75) is 45.1 Å². The van der Waals surface area contributed by atoms with Crippen molar-refractivity contribution in [1.29, 1.82) is 0 Å². The van der Waals surface area contributed by atoms with Crippen LogP contribution in [0, 0.1) is 12.3 Å². The highest BCUT2D eigenvalue weighted by Crippen LogP contribution is 2.34. The van der Waals surface area contributed by atoms with Gasteiger partial charge < -0.3 is 5.32 Å². The molecule has 0 aliphatic carbocycles. The van der Waals surface area contributed by atoms with E-state index in [1.165, 1.54) is 0 Å². The quantitative estimate of drug-likeness (QED) is 0.929. The molecule has 1 aromatic rings. The second-order valence-electron chi connectivity index (χ2n) is 6.23. The van der Waals surface area contributed by atoms with E-state index in [0.717, 1.165) is 22.6 Å². The van der Waals surface area contributed by atoms with Crippen molar-refractivity contribution in [3.63, 3.8) is 0 Å². The summed E-state index contributed by atoms with van der Waals surface area (Å²) in [6.07, 6.45) is 1.86. The molecule has 0 unspecified atom stereocenters. The molecule has 0 spiro atoms. The standard InChI is InChI=1S/C14H24N2O2S2/c1-11-13(9-12(19-11)10-15-4)20(17,18)16-7-5-14(2,3)6-8-16/h9,15H,5-8,10H2,1-4H3. The molecule has 20 heavy (non-hydrogen) atoms. The number of hydrogen-bond donors (Lipinski definition) is 1. The van der Waals surface area contributed by atoms with Crippen LogP contribution in [0.25, 0.3) is 0 Å². The first-order valence-corrected chi connectivity index (χ1v) is 9.26. The number of nitrogens with zero attached hydrogens (tertiary/aromatic N) is 1. The Kier molecular flexibility index (Phi) is 4.59. The van der Waals surface area contributed by atoms with Gasteiger partial charge in [0.15, 0.2) is 0 Å². The van der Waals surface area contributed by atoms with Crippen LogP contribution in [-0.4, -0.2) is 32.9 Å². The third kappa shape index (κ3) is 3.24. The highest BCUT2D eigenvalue weighted by atomic mass is 32.2. The van der Waals surface area contributed by atoms with Crippen molar-refractivity contribution < 1.29 is 8.42 Å². The Bertz CT molecular complexity index is 566. The average molecular weight is 316 g/mol. The molecule has 0 amide bonds. The van der Waals surface area contributed by atoms with Crippen LogP contribution in [0.1, 0.15) is 36.4 Å². The minimum absolute atomic E-state index is 0.257. The summed E-state index contributed by atoms with van der Waals surface area (Å²) < 4.78 is 27.1. The minimum Gasteiger partial charge on any atom is -0.315 e. The normalized spacial score (nSPS) is 20.2. The van der Waals surface area contributed by atoms with Gasteiger partial charge in [0.2, 0.25) is 10.0 Å². The van der Waals surface area contributed by atoms with Crippen molar-refractivity contribution >= 4 is 21.4 Å². The number of rotatable bonds is 4. The van der Waals surface area contributed by atoms with Gasteiger partial charge in [-0.1, -0.05) is 13.8 Å². The highest BCUT2D eigenvalue weighted by molar-refractivity contribution is 7.89. The van der Waals surface area contributed by atoms with Gasteiger partial charge in [-0.05, 0) is 38.3 Å². The van der Waals surface area contributed by atoms with Crippen molar-refractivity contribution in [3.8, 4) is 0 Å². The average Bonchev–Trinajstić information content (AvgIpc) is 2.71. The van der Waals surface area contributed by atoms with Crippen LogP contribution in [0.2, 0.25) is 0 Å². The number of aryl methyl sites for hydroxylation is 1. The monoisotopic (exact) mass is 316 g/mol. The van der Waals surface area contributed by atoms with Crippen LogP contribution >= 0.6 is 11.3 Å². The maximum absolute atomic E-state index is 12.7. The van der Waals surface area contributed by atoms with Gasteiger partial charge in [0.05, 0.1) is 4.90 Å². The van der Waals surface area contributed by atoms with Crippen molar-refractivity contribution in [1.82, 2.24) is 9.62 Å². The lowest BCUT2D eigenvalue weighted by molar-refractivity contribution is 0.196. The van der Waals surface area contributed by atoms with Crippen LogP contribution < -0.4 is 5.32 Å². The maximum Gasteiger partial charge on any atom is 0.244 e. The first-order valence-electron chi connectivity index (χ1n) is 7.00. The topological polar surface area (TPSA) is 49.4 Å². The summed E-state index contributed by atoms with van der Waals surface area (Å²) >= 11 is 1.56. The molecule has 1 saturated heterocycles. The molecule has 0 saturated carbocycles. The van der Waals surface area contributed by atoms with E-state index >= 15 is 0 Å². The maximum atomic E-state index is 12.7. The zero-order valence-electron chi connectivity index (χ0n) is 12.7. The number of hydrogen-bond acceptors (Lipinski definition) is 4. The van der Waals surface area contributed by atoms with E-state index in [1.807, 2.05) is 20.0 Å². The molecule has 2 rings (SSSR count). The number of thiophene rings is 1. The molecule has 1 N–H and O–H groups in total. The Balaban J connectivity index is 2.22. The first kappa shape index (κ1) is 15.9. The van der Waals surface area contributed by atoms with Gasteiger partial charge in [-0.2, -0.15) is 4.31 Å². The molecular weight excluding hydrogens is 292 g/mol. The molecule has 1 aromatic heterocycles. The second kappa shape index (κ2) is 5.75. The Morgan fingerprint density at radius 3 is 2.50 bits per heavy atom. The smallest absolute Gasteiger partial charge is 0.244 e. The summed E-state index contributed by atoms with van der Waals surface area (Å²) in [6.45, 7) is 8.28. The predicted molar refractivity (Wildman–Crippen MR) is 83.6 cm³/mol. The molecule has 0 bridgehead atoms. The summed E-state index contributed by atoms with van der Waals surface area (Å²) in [7, 11) is -1.45. The van der Waals surface area contributed by atoms with Gasteiger partial charge in [-0.15, -0.1) is 11.3 Å². The summed E-state index contributed by atoms with van der Waals surface area (Å²) in [5.41, 5.74) is 0.257. The van der Waals surface area contributed by atoms with Crippen LogP contribution in [0.3, 0.4) is 0 Å². The number of piperidine rings is 1. The molecule has 2 heterocycles. The number of sulfonamides is 1. The Hall–Kier alpha value is -0.430. The van der Waals surface area contributed by atoms with E-state index in [1.54, 1.807) is 15.6 Å². The Labute approximate surface area is 126 Å². The van der Waals surface area contributed by atoms with Gasteiger partial charge in [-0.25, -0.2) is 8.42 Å². The van der Waals surface area contributed by atoms with E-state index in [4.69, 9.17) is 0 Å². The van der Waals surface area contributed by atoms with Crippen LogP contribution in [0.15, 0.2) is 11.0 Å². The van der Waals surface area contributed by atoms with Crippen molar-refractivity contribution in [3.05, 3.63) is 15.8 Å². The summed E-state index contributed by atoms with van der Waals surface area (Å²) in [5, 5.41) is 3.07. The summed E-state index contributed by atoms with van der Waals surface area (Å²) in [4.78, 5) is 2.45. The molecule has 114 valence electrons. The van der Waals surface area contributed by atoms with E-state index in [2.05, 4.69) is 19.2 Å². The largest absolute Gasteiger partial charge is 0.315 e. The van der Waals surface area contributed by atoms with Gasteiger partial charge >= 0.3 is 0 Å². The lowest BCUT2D eigenvalue weighted by atomic mass is 9.83. The van der Waals surface area contributed by atoms with Gasteiger partial charge in [-0.3, -0.25) is 0 Å². The summed E-state index contributed by atoms with van der Waals surface area (Å²) in [6, 6.07) is 1.82. The first-order chi connectivity index (χ1) is 9.26. The molecule has 0 atom stereocenters. The molecule has 1 aliphatic heterocycles. The number of nitrogens with one attached hydrogen (secondary N) is 1. The van der Waals surface area contributed by atoms with E-state index in [-0.39, 0.29) is 5.41 Å². The fourth-order valence-corrected chi connectivity index (χ4v) is 5.57. The fourth-order valence-electron chi connectivity index (χ4n) is 2.51. The SMILES string of the molecule is CNCc1cc(S(=O)(=O)N2CCC(C)(C)CC2)c(C)s1. The third-order valence-corrected chi connectivity index (χ3v) is 7.17. The Morgan fingerprint density at radius 1 is 1.35 bits per heavy atom. The molecule has 0 aromatic carbocycles. The van der Waals surface area contributed by atoms with E-state index in [0.29, 0.717) is 24.5 Å². The van der Waals surface area contributed by atoms with Crippen LogP contribution in [0.5, 0.6) is 0 Å². The molecule has 6 heteroatoms.